The zero-order chi connectivity index (χ0) is 21.6. The molecule has 0 aliphatic heterocycles. The van der Waals surface area contributed by atoms with Crippen molar-refractivity contribution in [3.05, 3.63) is 70.9 Å². The molecule has 3 aromatic rings. The molecule has 0 saturated carbocycles. The van der Waals surface area contributed by atoms with Crippen LogP contribution in [0.1, 0.15) is 41.5 Å². The highest BCUT2D eigenvalue weighted by Crippen LogP contribution is 2.26. The highest BCUT2D eigenvalue weighted by atomic mass is 16.5. The summed E-state index contributed by atoms with van der Waals surface area (Å²) in [6, 6.07) is 12.2. The maximum absolute atomic E-state index is 12.3. The van der Waals surface area contributed by atoms with Crippen molar-refractivity contribution in [2.45, 2.75) is 31.7 Å². The maximum Gasteiger partial charge on any atom is 0.266 e. The number of benzene rings is 1. The summed E-state index contributed by atoms with van der Waals surface area (Å²) in [7, 11) is 0. The highest BCUT2D eigenvalue weighted by Gasteiger charge is 2.43. The lowest BCUT2D eigenvalue weighted by atomic mass is 9.91. The molecule has 0 fully saturated rings. The van der Waals surface area contributed by atoms with E-state index in [1.807, 2.05) is 30.3 Å². The van der Waals surface area contributed by atoms with Crippen LogP contribution in [0.15, 0.2) is 51.5 Å². The summed E-state index contributed by atoms with van der Waals surface area (Å²) >= 11 is 0. The van der Waals surface area contributed by atoms with Gasteiger partial charge in [0.15, 0.2) is 5.76 Å². The summed E-state index contributed by atoms with van der Waals surface area (Å²) in [5.41, 5.74) is 1.07. The van der Waals surface area contributed by atoms with Crippen LogP contribution in [0.5, 0.6) is 0 Å². The number of nitrogens with one attached hydrogen (secondary N) is 2. The van der Waals surface area contributed by atoms with Crippen LogP contribution in [-0.4, -0.2) is 37.2 Å². The van der Waals surface area contributed by atoms with Crippen molar-refractivity contribution >= 4 is 5.91 Å². The van der Waals surface area contributed by atoms with Crippen molar-refractivity contribution in [3.63, 3.8) is 0 Å². The molecule has 0 saturated heterocycles. The second-order valence-electron chi connectivity index (χ2n) is 6.57. The first-order chi connectivity index (χ1) is 14.5. The number of rotatable bonds is 7. The Morgan fingerprint density at radius 3 is 2.63 bits per heavy atom. The van der Waals surface area contributed by atoms with E-state index >= 15 is 0 Å². The molecular weight excluding hydrogens is 392 g/mol. The largest absolute Gasteiger partial charge is 0.388 e. The van der Waals surface area contributed by atoms with Crippen molar-refractivity contribution in [2.24, 2.45) is 0 Å². The van der Waals surface area contributed by atoms with Gasteiger partial charge in [0, 0.05) is 24.2 Å². The Morgan fingerprint density at radius 1 is 1.20 bits per heavy atom. The average Bonchev–Trinajstić information content (AvgIpc) is 3.45. The number of hydroxylamine groups is 1. The molecule has 0 aliphatic carbocycles. The molecule has 30 heavy (non-hydrogen) atoms. The van der Waals surface area contributed by atoms with Crippen molar-refractivity contribution in [1.29, 1.82) is 0 Å². The third-order valence-corrected chi connectivity index (χ3v) is 4.43. The van der Waals surface area contributed by atoms with E-state index < -0.39 is 24.2 Å². The fourth-order valence-corrected chi connectivity index (χ4v) is 2.63. The normalized spacial score (nSPS) is 13.7. The molecule has 10 nitrogen and oxygen atoms in total. The number of aliphatic hydroxyl groups excluding tert-OH is 2. The Bertz CT molecular complexity index is 1050. The minimum atomic E-state index is -1.70. The number of carbonyl (C=O) groups excluding carboxylic acids is 1. The van der Waals surface area contributed by atoms with Gasteiger partial charge in [-0.1, -0.05) is 34.4 Å². The fraction of sp³-hybridized carbons (Fsp3) is 0.250. The highest BCUT2D eigenvalue weighted by molar-refractivity contribution is 5.85. The molecule has 2 heterocycles. The molecule has 3 rings (SSSR count). The third-order valence-electron chi connectivity index (χ3n) is 4.43. The Labute approximate surface area is 171 Å². The van der Waals surface area contributed by atoms with E-state index in [-0.39, 0.29) is 18.0 Å². The summed E-state index contributed by atoms with van der Waals surface area (Å²) in [5, 5.41) is 39.2. The van der Waals surface area contributed by atoms with Gasteiger partial charge in [-0.25, -0.2) is 5.48 Å². The van der Waals surface area contributed by atoms with E-state index in [4.69, 9.17) is 19.4 Å². The number of aliphatic hydroxyl groups is 2. The Morgan fingerprint density at radius 2 is 1.97 bits per heavy atom. The van der Waals surface area contributed by atoms with Crippen LogP contribution >= 0.6 is 0 Å². The minimum absolute atomic E-state index is 0.00668. The molecule has 2 atom stereocenters. The van der Waals surface area contributed by atoms with Gasteiger partial charge in [-0.15, -0.1) is 0 Å². The van der Waals surface area contributed by atoms with Gasteiger partial charge >= 0.3 is 0 Å². The van der Waals surface area contributed by atoms with Crippen LogP contribution in [0.25, 0.3) is 0 Å². The summed E-state index contributed by atoms with van der Waals surface area (Å²) in [5.74, 6) is 5.33. The SMILES string of the molecule is CC(NCc1cc(C#Cc2ccccc2)on1)(C(=O)NO)C(O)c1cc(CO)on1. The number of amides is 1. The van der Waals surface area contributed by atoms with E-state index in [0.717, 1.165) is 5.56 Å². The monoisotopic (exact) mass is 412 g/mol. The van der Waals surface area contributed by atoms with Crippen molar-refractivity contribution in [1.82, 2.24) is 21.1 Å². The number of hydrogen-bond acceptors (Lipinski definition) is 9. The maximum atomic E-state index is 12.3. The molecule has 2 aromatic heterocycles. The Hall–Kier alpha value is -3.49. The summed E-state index contributed by atoms with van der Waals surface area (Å²) < 4.78 is 10.0. The lowest BCUT2D eigenvalue weighted by Gasteiger charge is -2.31. The second kappa shape index (κ2) is 9.34. The van der Waals surface area contributed by atoms with Gasteiger partial charge in [0.25, 0.3) is 5.91 Å². The summed E-state index contributed by atoms with van der Waals surface area (Å²) in [6.45, 7) is 0.969. The number of carbonyl (C=O) groups is 1. The Kier molecular flexibility index (Phi) is 6.61. The molecule has 1 aromatic carbocycles. The number of hydrogen-bond donors (Lipinski definition) is 5. The molecule has 1 amide bonds. The third kappa shape index (κ3) is 4.73. The average molecular weight is 412 g/mol. The van der Waals surface area contributed by atoms with Crippen LogP contribution in [0.2, 0.25) is 0 Å². The first-order valence-electron chi connectivity index (χ1n) is 8.93. The minimum Gasteiger partial charge on any atom is -0.388 e. The van der Waals surface area contributed by atoms with Gasteiger partial charge in [0.2, 0.25) is 5.76 Å². The first-order valence-corrected chi connectivity index (χ1v) is 8.93. The number of aromatic nitrogens is 2. The topological polar surface area (TPSA) is 154 Å². The Balaban J connectivity index is 1.73. The summed E-state index contributed by atoms with van der Waals surface area (Å²) in [4.78, 5) is 12.3. The standard InChI is InChI=1S/C20H20N4O6/c1-20(19(27)22-28,18(26)17-10-16(12-25)30-24-17)21-11-14-9-15(29-23-14)8-7-13-5-3-2-4-6-13/h2-6,9-10,18,21,25-26,28H,11-12H2,1H3,(H,22,27). The van der Waals surface area contributed by atoms with E-state index in [9.17, 15) is 9.90 Å². The van der Waals surface area contributed by atoms with Crippen molar-refractivity contribution in [3.8, 4) is 11.8 Å². The lowest BCUT2D eigenvalue weighted by Crippen LogP contribution is -2.57. The molecule has 10 heteroatoms. The van der Waals surface area contributed by atoms with Gasteiger partial charge in [-0.3, -0.25) is 15.3 Å². The molecule has 0 aliphatic rings. The second-order valence-corrected chi connectivity index (χ2v) is 6.57. The zero-order valence-electron chi connectivity index (χ0n) is 16.0. The smallest absolute Gasteiger partial charge is 0.266 e. The van der Waals surface area contributed by atoms with E-state index in [1.165, 1.54) is 18.5 Å². The molecule has 156 valence electrons. The van der Waals surface area contributed by atoms with Crippen LogP contribution in [0.4, 0.5) is 0 Å². The zero-order valence-corrected chi connectivity index (χ0v) is 16.0. The van der Waals surface area contributed by atoms with Crippen LogP contribution in [-0.2, 0) is 17.9 Å². The predicted molar refractivity (Wildman–Crippen MR) is 101 cm³/mol. The van der Waals surface area contributed by atoms with Gasteiger partial charge in [-0.05, 0) is 25.0 Å². The molecule has 5 N–H and O–H groups in total. The van der Waals surface area contributed by atoms with Crippen LogP contribution in [0.3, 0.4) is 0 Å². The van der Waals surface area contributed by atoms with Crippen molar-refractivity contribution < 1.29 is 29.3 Å². The molecule has 2 unspecified atom stereocenters. The van der Waals surface area contributed by atoms with Crippen LogP contribution in [0, 0.1) is 11.8 Å². The van der Waals surface area contributed by atoms with Crippen molar-refractivity contribution in [2.75, 3.05) is 0 Å². The first kappa shape index (κ1) is 21.2. The molecule has 0 spiro atoms. The van der Waals surface area contributed by atoms with E-state index in [1.54, 1.807) is 6.07 Å². The molecule has 0 radical (unpaired) electrons. The molecule has 0 bridgehead atoms. The fourth-order valence-electron chi connectivity index (χ4n) is 2.63. The quantitative estimate of drug-likeness (QED) is 0.214. The van der Waals surface area contributed by atoms with E-state index in [2.05, 4.69) is 27.5 Å². The number of nitrogens with zero attached hydrogens (tertiary/aromatic N) is 2. The van der Waals surface area contributed by atoms with Crippen LogP contribution < -0.4 is 10.8 Å². The van der Waals surface area contributed by atoms with Gasteiger partial charge < -0.3 is 19.3 Å². The molecular formula is C20H20N4O6. The van der Waals surface area contributed by atoms with Gasteiger partial charge in [-0.2, -0.15) is 0 Å². The predicted octanol–water partition coefficient (Wildman–Crippen LogP) is 0.642. The lowest BCUT2D eigenvalue weighted by molar-refractivity contribution is -0.141. The van der Waals surface area contributed by atoms with E-state index in [0.29, 0.717) is 11.5 Å². The summed E-state index contributed by atoms with van der Waals surface area (Å²) in [6.07, 6.45) is -1.50. The van der Waals surface area contributed by atoms with Gasteiger partial charge in [0.1, 0.15) is 23.9 Å². The van der Waals surface area contributed by atoms with Gasteiger partial charge in [0.05, 0.1) is 5.69 Å².